The molecule has 1 aromatic carbocycles. The predicted octanol–water partition coefficient (Wildman–Crippen LogP) is 3.44. The van der Waals surface area contributed by atoms with E-state index in [4.69, 9.17) is 17.0 Å². The Kier molecular flexibility index (Phi) is 3.80. The Balaban J connectivity index is 1.96. The third kappa shape index (κ3) is 2.85. The van der Waals surface area contributed by atoms with Crippen molar-refractivity contribution in [1.82, 2.24) is 14.5 Å². The van der Waals surface area contributed by atoms with Crippen LogP contribution in [0.5, 0.6) is 5.75 Å². The molecule has 3 rings (SSSR count). The van der Waals surface area contributed by atoms with Crippen LogP contribution in [0.4, 0.5) is 0 Å². The third-order valence-corrected chi connectivity index (χ3v) is 5.04. The highest BCUT2D eigenvalue weighted by molar-refractivity contribution is 7.71. The van der Waals surface area contributed by atoms with Crippen LogP contribution in [0.3, 0.4) is 0 Å². The van der Waals surface area contributed by atoms with Crippen molar-refractivity contribution in [2.45, 2.75) is 26.3 Å². The summed E-state index contributed by atoms with van der Waals surface area (Å²) in [5, 5.41) is 0. The molecule has 0 bridgehead atoms. The van der Waals surface area contributed by atoms with Crippen molar-refractivity contribution in [3.63, 3.8) is 0 Å². The largest absolute Gasteiger partial charge is 0.497 e. The summed E-state index contributed by atoms with van der Waals surface area (Å²) in [5.41, 5.74) is 2.53. The molecular formula is C16H23N3OS. The monoisotopic (exact) mass is 305 g/mol. The summed E-state index contributed by atoms with van der Waals surface area (Å²) >= 11 is 5.53. The van der Waals surface area contributed by atoms with Crippen LogP contribution >= 0.6 is 12.2 Å². The molecule has 1 fully saturated rings. The van der Waals surface area contributed by atoms with E-state index < -0.39 is 0 Å². The number of H-pyrrole nitrogens is 1. The van der Waals surface area contributed by atoms with Gasteiger partial charge in [-0.25, -0.2) is 0 Å². The van der Waals surface area contributed by atoms with Crippen molar-refractivity contribution in [2.75, 3.05) is 27.2 Å². The van der Waals surface area contributed by atoms with Gasteiger partial charge in [-0.05, 0) is 62.7 Å². The van der Waals surface area contributed by atoms with Gasteiger partial charge >= 0.3 is 0 Å². The van der Waals surface area contributed by atoms with Crippen LogP contribution in [-0.2, 0) is 6.54 Å². The van der Waals surface area contributed by atoms with Gasteiger partial charge in [0.1, 0.15) is 5.75 Å². The third-order valence-electron chi connectivity index (χ3n) is 4.72. The van der Waals surface area contributed by atoms with E-state index in [0.717, 1.165) is 41.2 Å². The normalized spacial score (nSPS) is 19.0. The number of aromatic amines is 1. The van der Waals surface area contributed by atoms with E-state index in [1.54, 1.807) is 7.11 Å². The van der Waals surface area contributed by atoms with Crippen LogP contribution in [-0.4, -0.2) is 41.7 Å². The standard InChI is InChI=1S/C16H23N3OS/c1-16(6-8-18(2)9-7-16)11-19-14-10-12(20-3)4-5-13(14)17-15(19)21/h4-5,10H,6-9,11H2,1-3H3,(H,17,21). The van der Waals surface area contributed by atoms with Gasteiger partial charge in [0.2, 0.25) is 0 Å². The van der Waals surface area contributed by atoms with E-state index in [9.17, 15) is 0 Å². The van der Waals surface area contributed by atoms with Gasteiger partial charge in [-0.1, -0.05) is 6.92 Å². The SMILES string of the molecule is COc1ccc2[nH]c(=S)n(CC3(C)CCN(C)CC3)c2c1. The lowest BCUT2D eigenvalue weighted by molar-refractivity contribution is 0.121. The number of imidazole rings is 1. The number of ether oxygens (including phenoxy) is 1. The minimum atomic E-state index is 0.308. The molecule has 0 aliphatic carbocycles. The number of benzene rings is 1. The lowest BCUT2D eigenvalue weighted by atomic mass is 9.80. The molecule has 4 nitrogen and oxygen atoms in total. The van der Waals surface area contributed by atoms with Crippen molar-refractivity contribution in [1.29, 1.82) is 0 Å². The number of nitrogens with one attached hydrogen (secondary N) is 1. The molecule has 1 aliphatic rings. The average molecular weight is 305 g/mol. The molecule has 5 heteroatoms. The molecule has 0 atom stereocenters. The number of fused-ring (bicyclic) bond motifs is 1. The fraction of sp³-hybridized carbons (Fsp3) is 0.562. The molecule has 1 aromatic heterocycles. The molecule has 0 spiro atoms. The Hall–Kier alpha value is -1.33. The number of methoxy groups -OCH3 is 1. The van der Waals surface area contributed by atoms with E-state index in [0.29, 0.717) is 5.41 Å². The van der Waals surface area contributed by atoms with Gasteiger partial charge in [-0.2, -0.15) is 0 Å². The second-order valence-electron chi connectivity index (χ2n) is 6.51. The van der Waals surface area contributed by atoms with Gasteiger partial charge in [0.05, 0.1) is 18.1 Å². The smallest absolute Gasteiger partial charge is 0.178 e. The Labute approximate surface area is 130 Å². The predicted molar refractivity (Wildman–Crippen MR) is 88.5 cm³/mol. The summed E-state index contributed by atoms with van der Waals surface area (Å²) in [7, 11) is 3.90. The van der Waals surface area contributed by atoms with Crippen molar-refractivity contribution in [3.05, 3.63) is 23.0 Å². The first kappa shape index (κ1) is 14.6. The highest BCUT2D eigenvalue weighted by Gasteiger charge is 2.30. The number of nitrogens with zero attached hydrogens (tertiary/aromatic N) is 2. The van der Waals surface area contributed by atoms with E-state index in [2.05, 4.69) is 34.5 Å². The van der Waals surface area contributed by atoms with Crippen LogP contribution in [0.2, 0.25) is 0 Å². The average Bonchev–Trinajstić information content (AvgIpc) is 2.78. The molecule has 1 N–H and O–H groups in total. The van der Waals surface area contributed by atoms with Crippen LogP contribution < -0.4 is 4.74 Å². The number of piperidine rings is 1. The van der Waals surface area contributed by atoms with Crippen LogP contribution in [0.1, 0.15) is 19.8 Å². The second-order valence-corrected chi connectivity index (χ2v) is 6.90. The summed E-state index contributed by atoms with van der Waals surface area (Å²) in [4.78, 5) is 5.71. The highest BCUT2D eigenvalue weighted by atomic mass is 32.1. The zero-order valence-corrected chi connectivity index (χ0v) is 13.8. The molecule has 2 aromatic rings. The van der Waals surface area contributed by atoms with Crippen molar-refractivity contribution >= 4 is 23.3 Å². The molecule has 0 radical (unpaired) electrons. The maximum Gasteiger partial charge on any atom is 0.178 e. The van der Waals surface area contributed by atoms with Gasteiger partial charge in [0, 0.05) is 12.6 Å². The first-order valence-electron chi connectivity index (χ1n) is 7.46. The molecular weight excluding hydrogens is 282 g/mol. The van der Waals surface area contributed by atoms with E-state index in [-0.39, 0.29) is 0 Å². The zero-order valence-electron chi connectivity index (χ0n) is 13.0. The number of likely N-dealkylation sites (tertiary alicyclic amines) is 1. The molecule has 21 heavy (non-hydrogen) atoms. The maximum absolute atomic E-state index is 5.53. The molecule has 0 unspecified atom stereocenters. The van der Waals surface area contributed by atoms with Gasteiger partial charge in [0.25, 0.3) is 0 Å². The van der Waals surface area contributed by atoms with E-state index in [1.165, 1.54) is 12.8 Å². The maximum atomic E-state index is 5.53. The Morgan fingerprint density at radius 2 is 2.05 bits per heavy atom. The Morgan fingerprint density at radius 1 is 1.33 bits per heavy atom. The minimum absolute atomic E-state index is 0.308. The minimum Gasteiger partial charge on any atom is -0.497 e. The molecule has 0 amide bonds. The van der Waals surface area contributed by atoms with Gasteiger partial charge in [-0.15, -0.1) is 0 Å². The van der Waals surface area contributed by atoms with E-state index in [1.807, 2.05) is 12.1 Å². The van der Waals surface area contributed by atoms with Crippen LogP contribution in [0.25, 0.3) is 11.0 Å². The summed E-state index contributed by atoms with van der Waals surface area (Å²) in [5.74, 6) is 0.874. The molecule has 114 valence electrons. The summed E-state index contributed by atoms with van der Waals surface area (Å²) in [6, 6.07) is 6.08. The van der Waals surface area contributed by atoms with Gasteiger partial charge in [-0.3, -0.25) is 0 Å². The lowest BCUT2D eigenvalue weighted by Gasteiger charge is -2.38. The van der Waals surface area contributed by atoms with Gasteiger partial charge < -0.3 is 19.2 Å². The summed E-state index contributed by atoms with van der Waals surface area (Å²) < 4.78 is 8.39. The molecule has 1 aliphatic heterocycles. The van der Waals surface area contributed by atoms with Crippen LogP contribution in [0.15, 0.2) is 18.2 Å². The lowest BCUT2D eigenvalue weighted by Crippen LogP contribution is -2.38. The van der Waals surface area contributed by atoms with Crippen molar-refractivity contribution < 1.29 is 4.74 Å². The highest BCUT2D eigenvalue weighted by Crippen LogP contribution is 2.34. The molecule has 1 saturated heterocycles. The first-order valence-corrected chi connectivity index (χ1v) is 7.87. The van der Waals surface area contributed by atoms with Crippen molar-refractivity contribution in [3.8, 4) is 5.75 Å². The quantitative estimate of drug-likeness (QED) is 0.882. The number of rotatable bonds is 3. The summed E-state index contributed by atoms with van der Waals surface area (Å²) in [6.07, 6.45) is 2.42. The van der Waals surface area contributed by atoms with Crippen molar-refractivity contribution in [2.24, 2.45) is 5.41 Å². The molecule has 2 heterocycles. The summed E-state index contributed by atoms with van der Waals surface area (Å²) in [6.45, 7) is 5.67. The zero-order chi connectivity index (χ0) is 15.0. The van der Waals surface area contributed by atoms with Crippen LogP contribution in [0, 0.1) is 10.2 Å². The van der Waals surface area contributed by atoms with Gasteiger partial charge in [0.15, 0.2) is 4.77 Å². The van der Waals surface area contributed by atoms with E-state index >= 15 is 0 Å². The Morgan fingerprint density at radius 3 is 2.71 bits per heavy atom. The first-order chi connectivity index (χ1) is 10.0. The second kappa shape index (κ2) is 5.46. The number of hydrogen-bond donors (Lipinski definition) is 1. The fourth-order valence-electron chi connectivity index (χ4n) is 3.11. The number of hydrogen-bond acceptors (Lipinski definition) is 3. The fourth-order valence-corrected chi connectivity index (χ4v) is 3.39. The molecule has 0 saturated carbocycles. The number of aromatic nitrogens is 2. The Bertz CT molecular complexity index is 695. The topological polar surface area (TPSA) is 33.2 Å².